The van der Waals surface area contributed by atoms with E-state index in [1.165, 1.54) is 0 Å². The number of carbonyl (C=O) groups is 2. The highest BCUT2D eigenvalue weighted by Crippen LogP contribution is 2.26. The van der Waals surface area contributed by atoms with Crippen molar-refractivity contribution in [1.82, 2.24) is 4.98 Å². The summed E-state index contributed by atoms with van der Waals surface area (Å²) >= 11 is 0. The molecule has 0 spiro atoms. The van der Waals surface area contributed by atoms with E-state index in [0.717, 1.165) is 29.5 Å². The molecule has 1 aliphatic rings. The summed E-state index contributed by atoms with van der Waals surface area (Å²) in [5.41, 5.74) is 1.01. The molecule has 4 rings (SSSR count). The van der Waals surface area contributed by atoms with E-state index >= 15 is 0 Å². The number of benzene rings is 2. The number of amides is 2. The SMILES string of the molecule is CC(C)(C)OC(=O)Nc1cc2ccccc2cc1C(=O)Nc1ccc(N2CCOCC2)cn1. The van der Waals surface area contributed by atoms with Gasteiger partial charge in [-0.25, -0.2) is 9.78 Å². The molecule has 0 atom stereocenters. The van der Waals surface area contributed by atoms with Gasteiger partial charge in [0.1, 0.15) is 11.4 Å². The number of anilines is 3. The van der Waals surface area contributed by atoms with E-state index in [1.54, 1.807) is 45.2 Å². The Hall–Kier alpha value is -3.65. The lowest BCUT2D eigenvalue weighted by molar-refractivity contribution is 0.0636. The van der Waals surface area contributed by atoms with Crippen LogP contribution < -0.4 is 15.5 Å². The van der Waals surface area contributed by atoms with E-state index in [1.807, 2.05) is 30.3 Å². The quantitative estimate of drug-likeness (QED) is 0.603. The first kappa shape index (κ1) is 22.5. The lowest BCUT2D eigenvalue weighted by atomic mass is 10.0. The average Bonchev–Trinajstić information content (AvgIpc) is 2.78. The van der Waals surface area contributed by atoms with Crippen LogP contribution in [-0.2, 0) is 9.47 Å². The molecule has 0 bridgehead atoms. The van der Waals surface area contributed by atoms with Crippen molar-refractivity contribution in [2.75, 3.05) is 41.8 Å². The summed E-state index contributed by atoms with van der Waals surface area (Å²) in [7, 11) is 0. The monoisotopic (exact) mass is 448 g/mol. The Morgan fingerprint density at radius 2 is 1.70 bits per heavy atom. The topological polar surface area (TPSA) is 92.8 Å². The van der Waals surface area contributed by atoms with Gasteiger partial charge in [0.2, 0.25) is 0 Å². The molecule has 0 radical (unpaired) electrons. The molecule has 1 fully saturated rings. The first-order valence-corrected chi connectivity index (χ1v) is 10.9. The van der Waals surface area contributed by atoms with Gasteiger partial charge in [-0.2, -0.15) is 0 Å². The van der Waals surface area contributed by atoms with Crippen LogP contribution in [0.2, 0.25) is 0 Å². The first-order chi connectivity index (χ1) is 15.8. The molecule has 0 aliphatic carbocycles. The fourth-order valence-corrected chi connectivity index (χ4v) is 3.60. The number of ether oxygens (including phenoxy) is 2. The maximum Gasteiger partial charge on any atom is 0.412 e. The minimum absolute atomic E-state index is 0.318. The minimum Gasteiger partial charge on any atom is -0.444 e. The van der Waals surface area contributed by atoms with Gasteiger partial charge in [0, 0.05) is 13.1 Å². The predicted molar refractivity (Wildman–Crippen MR) is 129 cm³/mol. The zero-order valence-corrected chi connectivity index (χ0v) is 19.1. The molecule has 33 heavy (non-hydrogen) atoms. The molecule has 0 saturated carbocycles. The van der Waals surface area contributed by atoms with Crippen LogP contribution in [-0.4, -0.2) is 48.9 Å². The third-order valence-electron chi connectivity index (χ3n) is 5.13. The van der Waals surface area contributed by atoms with Crippen molar-refractivity contribution in [2.24, 2.45) is 0 Å². The summed E-state index contributed by atoms with van der Waals surface area (Å²) in [6, 6.07) is 14.8. The zero-order chi connectivity index (χ0) is 23.4. The lowest BCUT2D eigenvalue weighted by Crippen LogP contribution is -2.36. The number of aromatic nitrogens is 1. The largest absolute Gasteiger partial charge is 0.444 e. The van der Waals surface area contributed by atoms with E-state index in [-0.39, 0.29) is 5.91 Å². The molecule has 2 amide bonds. The normalized spacial score (nSPS) is 14.1. The van der Waals surface area contributed by atoms with Crippen molar-refractivity contribution >= 4 is 40.0 Å². The molecule has 1 aliphatic heterocycles. The molecule has 1 aromatic heterocycles. The number of carbonyl (C=O) groups excluding carboxylic acids is 2. The second-order valence-corrected chi connectivity index (χ2v) is 8.83. The second-order valence-electron chi connectivity index (χ2n) is 8.83. The molecule has 0 unspecified atom stereocenters. The van der Waals surface area contributed by atoms with E-state index in [9.17, 15) is 9.59 Å². The third kappa shape index (κ3) is 5.78. The number of nitrogens with one attached hydrogen (secondary N) is 2. The van der Waals surface area contributed by atoms with Gasteiger partial charge in [0.25, 0.3) is 5.91 Å². The lowest BCUT2D eigenvalue weighted by Gasteiger charge is -2.28. The number of hydrogen-bond donors (Lipinski definition) is 2. The molecular weight excluding hydrogens is 420 g/mol. The van der Waals surface area contributed by atoms with Crippen LogP contribution in [0.4, 0.5) is 22.0 Å². The molecular formula is C25H28N4O4. The van der Waals surface area contributed by atoms with Crippen LogP contribution in [0.15, 0.2) is 54.7 Å². The Kier molecular flexibility index (Phi) is 6.46. The minimum atomic E-state index is -0.657. The standard InChI is InChI=1S/C25H28N4O4/c1-25(2,3)33-24(31)27-21-15-18-7-5-4-6-17(18)14-20(21)23(30)28-22-9-8-19(16-26-22)29-10-12-32-13-11-29/h4-9,14-16H,10-13H2,1-3H3,(H,27,31)(H,26,28,30). The number of morpholine rings is 1. The van der Waals surface area contributed by atoms with Gasteiger partial charge in [-0.1, -0.05) is 24.3 Å². The summed E-state index contributed by atoms with van der Waals surface area (Å²) in [5.74, 6) is 0.0480. The summed E-state index contributed by atoms with van der Waals surface area (Å²) in [4.78, 5) is 32.1. The Balaban J connectivity index is 1.56. The van der Waals surface area contributed by atoms with Gasteiger partial charge < -0.3 is 19.7 Å². The van der Waals surface area contributed by atoms with Gasteiger partial charge in [-0.3, -0.25) is 10.1 Å². The van der Waals surface area contributed by atoms with Crippen molar-refractivity contribution in [3.8, 4) is 0 Å². The van der Waals surface area contributed by atoms with Crippen molar-refractivity contribution < 1.29 is 19.1 Å². The number of nitrogens with zero attached hydrogens (tertiary/aromatic N) is 2. The molecule has 8 nitrogen and oxygen atoms in total. The highest BCUT2D eigenvalue weighted by atomic mass is 16.6. The van der Waals surface area contributed by atoms with Crippen molar-refractivity contribution in [3.63, 3.8) is 0 Å². The molecule has 1 saturated heterocycles. The Labute approximate surface area is 192 Å². The maximum atomic E-state index is 13.2. The fourth-order valence-electron chi connectivity index (χ4n) is 3.60. The molecule has 2 N–H and O–H groups in total. The van der Waals surface area contributed by atoms with E-state index in [2.05, 4.69) is 20.5 Å². The summed E-state index contributed by atoms with van der Waals surface area (Å²) in [6.07, 6.45) is 1.11. The molecule has 8 heteroatoms. The van der Waals surface area contributed by atoms with Gasteiger partial charge in [0.05, 0.1) is 36.3 Å². The first-order valence-electron chi connectivity index (χ1n) is 10.9. The Morgan fingerprint density at radius 1 is 1.00 bits per heavy atom. The van der Waals surface area contributed by atoms with E-state index in [0.29, 0.717) is 30.3 Å². The smallest absolute Gasteiger partial charge is 0.412 e. The highest BCUT2D eigenvalue weighted by molar-refractivity contribution is 6.12. The summed E-state index contributed by atoms with van der Waals surface area (Å²) in [6.45, 7) is 8.35. The Bertz CT molecular complexity index is 1150. The number of hydrogen-bond acceptors (Lipinski definition) is 6. The number of pyridine rings is 1. The van der Waals surface area contributed by atoms with Crippen molar-refractivity contribution in [1.29, 1.82) is 0 Å². The van der Waals surface area contributed by atoms with Crippen LogP contribution in [0.25, 0.3) is 10.8 Å². The van der Waals surface area contributed by atoms with Gasteiger partial charge >= 0.3 is 6.09 Å². The van der Waals surface area contributed by atoms with E-state index < -0.39 is 11.7 Å². The number of fused-ring (bicyclic) bond motifs is 1. The number of rotatable bonds is 4. The van der Waals surface area contributed by atoms with Crippen LogP contribution in [0.1, 0.15) is 31.1 Å². The zero-order valence-electron chi connectivity index (χ0n) is 19.1. The molecule has 172 valence electrons. The van der Waals surface area contributed by atoms with Gasteiger partial charge in [-0.05, 0) is 55.8 Å². The summed E-state index contributed by atoms with van der Waals surface area (Å²) in [5, 5.41) is 7.33. The molecule has 2 aromatic carbocycles. The van der Waals surface area contributed by atoms with Crippen molar-refractivity contribution in [2.45, 2.75) is 26.4 Å². The van der Waals surface area contributed by atoms with Crippen LogP contribution in [0.5, 0.6) is 0 Å². The molecule has 2 heterocycles. The Morgan fingerprint density at radius 3 is 2.33 bits per heavy atom. The molecule has 3 aromatic rings. The maximum absolute atomic E-state index is 13.2. The average molecular weight is 449 g/mol. The predicted octanol–water partition coefficient (Wildman–Crippen LogP) is 4.67. The second kappa shape index (κ2) is 9.46. The van der Waals surface area contributed by atoms with Crippen LogP contribution in [0, 0.1) is 0 Å². The third-order valence-corrected chi connectivity index (χ3v) is 5.13. The van der Waals surface area contributed by atoms with Gasteiger partial charge in [0.15, 0.2) is 0 Å². The van der Waals surface area contributed by atoms with Gasteiger partial charge in [-0.15, -0.1) is 0 Å². The van der Waals surface area contributed by atoms with Crippen LogP contribution in [0.3, 0.4) is 0 Å². The van der Waals surface area contributed by atoms with E-state index in [4.69, 9.17) is 9.47 Å². The van der Waals surface area contributed by atoms with Crippen LogP contribution >= 0.6 is 0 Å². The van der Waals surface area contributed by atoms with Crippen molar-refractivity contribution in [3.05, 3.63) is 60.3 Å². The highest BCUT2D eigenvalue weighted by Gasteiger charge is 2.20. The fraction of sp³-hybridized carbons (Fsp3) is 0.320. The summed E-state index contributed by atoms with van der Waals surface area (Å²) < 4.78 is 10.8.